The molecule has 0 saturated carbocycles. The van der Waals surface area contributed by atoms with E-state index in [4.69, 9.17) is 5.73 Å². The van der Waals surface area contributed by atoms with E-state index in [9.17, 15) is 38.9 Å². The van der Waals surface area contributed by atoms with Gasteiger partial charge in [0, 0.05) is 27.2 Å². The summed E-state index contributed by atoms with van der Waals surface area (Å²) in [4.78, 5) is -1.16. The molecule has 17 heteroatoms. The molecule has 0 fully saturated rings. The first-order chi connectivity index (χ1) is 20.1. The highest BCUT2D eigenvalue weighted by Crippen LogP contribution is 2.38. The monoisotopic (exact) mass is 643 g/mol. The van der Waals surface area contributed by atoms with Crippen LogP contribution in [0.25, 0.3) is 21.5 Å². The van der Waals surface area contributed by atoms with Crippen molar-refractivity contribution >= 4 is 80.3 Å². The maximum absolute atomic E-state index is 11.9. The van der Waals surface area contributed by atoms with Gasteiger partial charge < -0.3 is 16.6 Å². The van der Waals surface area contributed by atoms with E-state index in [0.717, 1.165) is 0 Å². The van der Waals surface area contributed by atoms with Gasteiger partial charge in [-0.2, -0.15) is 25.3 Å². The molecule has 5 rings (SSSR count). The van der Waals surface area contributed by atoms with Crippen molar-refractivity contribution in [1.82, 2.24) is 0 Å². The third-order valence-corrected chi connectivity index (χ3v) is 8.89. The molecule has 222 valence electrons. The maximum Gasteiger partial charge on any atom is 0.295 e. The van der Waals surface area contributed by atoms with Gasteiger partial charge in [0.2, 0.25) is 0 Å². The van der Waals surface area contributed by atoms with Crippen LogP contribution in [-0.2, 0) is 30.4 Å². The molecule has 0 spiro atoms. The van der Waals surface area contributed by atoms with Gasteiger partial charge in [0.05, 0.1) is 32.5 Å². The summed E-state index contributed by atoms with van der Waals surface area (Å²) in [6.07, 6.45) is 0. The van der Waals surface area contributed by atoms with Crippen LogP contribution in [0.2, 0.25) is 0 Å². The second-order valence-electron chi connectivity index (χ2n) is 9.10. The first kappa shape index (κ1) is 29.8. The Balaban J connectivity index is 1.59. The van der Waals surface area contributed by atoms with Crippen molar-refractivity contribution in [2.75, 3.05) is 16.6 Å². The topological polar surface area (TPSA) is 238 Å². The second-order valence-corrected chi connectivity index (χ2v) is 13.3. The molecule has 7 N–H and O–H groups in total. The number of nitrogen functional groups attached to an aromatic ring is 1. The van der Waals surface area contributed by atoms with Crippen LogP contribution < -0.4 is 16.6 Å². The number of rotatable bonds is 8. The zero-order valence-corrected chi connectivity index (χ0v) is 24.0. The SMILES string of the molecule is Nc1ccc(N=Nc2ccc(NNc3cccc(S(=O)(=O)O)c3)c3ccc(S(=O)(=O)O)cc23)c2cccc(S(=O)(=O)O)c12. The van der Waals surface area contributed by atoms with E-state index in [1.165, 1.54) is 72.8 Å². The number of hydrogen-bond donors (Lipinski definition) is 6. The lowest BCUT2D eigenvalue weighted by molar-refractivity contribution is 0.481. The molecule has 0 bridgehead atoms. The largest absolute Gasteiger partial charge is 0.398 e. The Bertz CT molecular complexity index is 2290. The Hall–Kier alpha value is -4.65. The summed E-state index contributed by atoms with van der Waals surface area (Å²) in [5.41, 5.74) is 12.8. The van der Waals surface area contributed by atoms with E-state index in [-0.39, 0.29) is 43.8 Å². The molecular formula is C26H21N5O9S3. The van der Waals surface area contributed by atoms with Crippen molar-refractivity contribution in [2.45, 2.75) is 14.7 Å². The Kier molecular flexibility index (Phi) is 7.55. The van der Waals surface area contributed by atoms with E-state index < -0.39 is 40.1 Å². The number of hydrazine groups is 1. The van der Waals surface area contributed by atoms with Crippen molar-refractivity contribution in [3.63, 3.8) is 0 Å². The zero-order chi connectivity index (χ0) is 31.2. The van der Waals surface area contributed by atoms with Crippen LogP contribution in [0.5, 0.6) is 0 Å². The molecule has 0 aliphatic heterocycles. The Labute approximate surface area is 245 Å². The molecule has 5 aromatic carbocycles. The molecule has 0 aliphatic carbocycles. The van der Waals surface area contributed by atoms with Gasteiger partial charge in [-0.15, -0.1) is 10.2 Å². The van der Waals surface area contributed by atoms with Crippen molar-refractivity contribution in [1.29, 1.82) is 0 Å². The van der Waals surface area contributed by atoms with Gasteiger partial charge in [0.1, 0.15) is 4.90 Å². The van der Waals surface area contributed by atoms with Crippen molar-refractivity contribution in [3.05, 3.63) is 84.9 Å². The minimum atomic E-state index is -4.61. The number of fused-ring (bicyclic) bond motifs is 2. The van der Waals surface area contributed by atoms with Crippen molar-refractivity contribution < 1.29 is 38.9 Å². The second kappa shape index (κ2) is 10.9. The standard InChI is InChI=1S/C26H21N5O9S3/c27-21-9-10-23(19-5-2-6-25(26(19)21)43(38,39)40)30-31-24-12-11-22(18-8-7-17(14-20(18)24)42(35,36)37)29-28-15-3-1-4-16(13-15)41(32,33)34/h1-14,28-29H,27H2,(H,32,33,34)(H,35,36,37)(H,38,39,40). The third kappa shape index (κ3) is 6.26. The molecular weight excluding hydrogens is 623 g/mol. The molecule has 0 atom stereocenters. The predicted molar refractivity (Wildman–Crippen MR) is 160 cm³/mol. The molecule has 0 radical (unpaired) electrons. The fraction of sp³-hybridized carbons (Fsp3) is 0. The average Bonchev–Trinajstić information content (AvgIpc) is 2.94. The van der Waals surface area contributed by atoms with Crippen molar-refractivity contribution in [2.24, 2.45) is 10.2 Å². The minimum absolute atomic E-state index is 0.0451. The fourth-order valence-electron chi connectivity index (χ4n) is 4.34. The lowest BCUT2D eigenvalue weighted by Crippen LogP contribution is -2.10. The van der Waals surface area contributed by atoms with E-state index in [2.05, 4.69) is 21.1 Å². The average molecular weight is 644 g/mol. The lowest BCUT2D eigenvalue weighted by atomic mass is 10.1. The number of anilines is 3. The summed E-state index contributed by atoms with van der Waals surface area (Å²) < 4.78 is 99.1. The van der Waals surface area contributed by atoms with Crippen LogP contribution in [0.4, 0.5) is 28.4 Å². The maximum atomic E-state index is 11.9. The van der Waals surface area contributed by atoms with E-state index in [1.807, 2.05) is 0 Å². The summed E-state index contributed by atoms with van der Waals surface area (Å²) in [6, 6.07) is 19.2. The molecule has 5 aromatic rings. The first-order valence-corrected chi connectivity index (χ1v) is 16.3. The van der Waals surface area contributed by atoms with Crippen LogP contribution in [0.3, 0.4) is 0 Å². The lowest BCUT2D eigenvalue weighted by Gasteiger charge is -2.14. The summed E-state index contributed by atoms with van der Waals surface area (Å²) in [5.74, 6) is 0. The minimum Gasteiger partial charge on any atom is -0.398 e. The highest BCUT2D eigenvalue weighted by molar-refractivity contribution is 7.86. The van der Waals surface area contributed by atoms with Crippen LogP contribution in [0.1, 0.15) is 0 Å². The molecule has 0 aliphatic rings. The molecule has 0 amide bonds. The van der Waals surface area contributed by atoms with Gasteiger partial charge in [-0.3, -0.25) is 13.7 Å². The zero-order valence-electron chi connectivity index (χ0n) is 21.6. The highest BCUT2D eigenvalue weighted by Gasteiger charge is 2.18. The fourth-order valence-corrected chi connectivity index (χ4v) is 6.11. The van der Waals surface area contributed by atoms with Crippen LogP contribution in [0.15, 0.2) is 110 Å². The summed E-state index contributed by atoms with van der Waals surface area (Å²) >= 11 is 0. The first-order valence-electron chi connectivity index (χ1n) is 12.0. The number of hydrogen-bond acceptors (Lipinski definition) is 11. The molecule has 0 saturated heterocycles. The van der Waals surface area contributed by atoms with Gasteiger partial charge in [-0.25, -0.2) is 0 Å². The van der Waals surface area contributed by atoms with Crippen LogP contribution in [0, 0.1) is 0 Å². The van der Waals surface area contributed by atoms with Gasteiger partial charge in [-0.05, 0) is 60.7 Å². The summed E-state index contributed by atoms with van der Waals surface area (Å²) in [7, 11) is -13.7. The van der Waals surface area contributed by atoms with E-state index in [1.54, 1.807) is 12.1 Å². The number of nitrogens with one attached hydrogen (secondary N) is 2. The highest BCUT2D eigenvalue weighted by atomic mass is 32.2. The number of azo groups is 1. The number of nitrogens with two attached hydrogens (primary N) is 1. The van der Waals surface area contributed by atoms with Gasteiger partial charge >= 0.3 is 0 Å². The molecule has 0 unspecified atom stereocenters. The third-order valence-electron chi connectivity index (χ3n) is 6.29. The molecule has 14 nitrogen and oxygen atoms in total. The number of nitrogens with zero attached hydrogens (tertiary/aromatic N) is 2. The predicted octanol–water partition coefficient (Wildman–Crippen LogP) is 5.17. The van der Waals surface area contributed by atoms with E-state index >= 15 is 0 Å². The Morgan fingerprint density at radius 2 is 1.21 bits per heavy atom. The van der Waals surface area contributed by atoms with Gasteiger partial charge in [-0.1, -0.05) is 24.3 Å². The van der Waals surface area contributed by atoms with Gasteiger partial charge in [0.25, 0.3) is 30.4 Å². The normalized spacial score (nSPS) is 12.6. The Morgan fingerprint density at radius 1 is 0.581 bits per heavy atom. The molecule has 43 heavy (non-hydrogen) atoms. The summed E-state index contributed by atoms with van der Waals surface area (Å²) in [6.45, 7) is 0. The smallest absolute Gasteiger partial charge is 0.295 e. The Morgan fingerprint density at radius 3 is 1.88 bits per heavy atom. The molecule has 0 aromatic heterocycles. The van der Waals surface area contributed by atoms with Crippen molar-refractivity contribution in [3.8, 4) is 0 Å². The van der Waals surface area contributed by atoms with Crippen LogP contribution in [-0.4, -0.2) is 38.9 Å². The number of benzene rings is 5. The summed E-state index contributed by atoms with van der Waals surface area (Å²) in [5, 5.41) is 9.45. The quantitative estimate of drug-likeness (QED) is 0.0556. The van der Waals surface area contributed by atoms with Gasteiger partial charge in [0.15, 0.2) is 0 Å². The molecule has 0 heterocycles. The van der Waals surface area contributed by atoms with Crippen LogP contribution >= 0.6 is 0 Å². The van der Waals surface area contributed by atoms with E-state index in [0.29, 0.717) is 11.1 Å².